The van der Waals surface area contributed by atoms with Gasteiger partial charge in [0.05, 0.1) is 24.6 Å². The van der Waals surface area contributed by atoms with Crippen molar-refractivity contribution < 1.29 is 18.8 Å². The van der Waals surface area contributed by atoms with Gasteiger partial charge in [0, 0.05) is 5.56 Å². The molecule has 3 rings (SSSR count). The third-order valence-electron chi connectivity index (χ3n) is 4.61. The van der Waals surface area contributed by atoms with Crippen LogP contribution in [-0.2, 0) is 11.3 Å². The van der Waals surface area contributed by atoms with Crippen molar-refractivity contribution in [2.24, 2.45) is 5.73 Å². The van der Waals surface area contributed by atoms with Gasteiger partial charge < -0.3 is 20.8 Å². The number of aryl methyl sites for hydroxylation is 1. The van der Waals surface area contributed by atoms with Gasteiger partial charge in [0.2, 0.25) is 5.91 Å². The Balaban J connectivity index is 1.66. The van der Waals surface area contributed by atoms with Gasteiger partial charge in [-0.2, -0.15) is 0 Å². The Morgan fingerprint density at radius 3 is 2.33 bits per heavy atom. The zero-order valence-corrected chi connectivity index (χ0v) is 16.6. The molecule has 0 aliphatic heterocycles. The zero-order valence-electron chi connectivity index (χ0n) is 16.6. The fourth-order valence-electron chi connectivity index (χ4n) is 2.93. The van der Waals surface area contributed by atoms with Crippen LogP contribution in [0.4, 0.5) is 0 Å². The van der Waals surface area contributed by atoms with E-state index in [9.17, 15) is 14.4 Å². The van der Waals surface area contributed by atoms with Crippen LogP contribution in [0.2, 0.25) is 0 Å². The molecule has 0 saturated carbocycles. The molecule has 0 aliphatic carbocycles. The highest BCUT2D eigenvalue weighted by Crippen LogP contribution is 2.18. The Morgan fingerprint density at radius 1 is 1.00 bits per heavy atom. The molecule has 0 spiro atoms. The molecule has 1 aromatic heterocycles. The Hall–Kier alpha value is -3.87. The summed E-state index contributed by atoms with van der Waals surface area (Å²) in [5.74, 6) is -0.713. The van der Waals surface area contributed by atoms with Crippen LogP contribution >= 0.6 is 0 Å². The monoisotopic (exact) mass is 405 g/mol. The molecule has 1 unspecified atom stereocenters. The third kappa shape index (κ3) is 5.57. The van der Waals surface area contributed by atoms with E-state index in [1.165, 1.54) is 12.3 Å². The molecule has 2 aromatic carbocycles. The van der Waals surface area contributed by atoms with Crippen molar-refractivity contribution in [2.45, 2.75) is 25.9 Å². The van der Waals surface area contributed by atoms with Crippen molar-refractivity contribution in [3.8, 4) is 0 Å². The summed E-state index contributed by atoms with van der Waals surface area (Å²) in [6, 6.07) is 17.5. The van der Waals surface area contributed by atoms with Gasteiger partial charge in [0.15, 0.2) is 0 Å². The zero-order chi connectivity index (χ0) is 21.5. The highest BCUT2D eigenvalue weighted by Gasteiger charge is 2.19. The lowest BCUT2D eigenvalue weighted by Crippen LogP contribution is -2.33. The number of benzene rings is 2. The summed E-state index contributed by atoms with van der Waals surface area (Å²) in [4.78, 5) is 36.3. The van der Waals surface area contributed by atoms with E-state index in [2.05, 4.69) is 10.6 Å². The van der Waals surface area contributed by atoms with E-state index in [1.54, 1.807) is 12.1 Å². The molecule has 3 aromatic rings. The molecule has 1 heterocycles. The van der Waals surface area contributed by atoms with Gasteiger partial charge >= 0.3 is 0 Å². The molecule has 0 radical (unpaired) electrons. The van der Waals surface area contributed by atoms with Crippen LogP contribution in [-0.4, -0.2) is 17.7 Å². The van der Waals surface area contributed by atoms with E-state index in [0.29, 0.717) is 11.3 Å². The highest BCUT2D eigenvalue weighted by molar-refractivity contribution is 5.95. The summed E-state index contributed by atoms with van der Waals surface area (Å²) >= 11 is 0. The SMILES string of the molecule is Cc1ccc(C(=O)NC(CC(=O)NCc2cc(C(N)=O)co2)c2ccccc2)cc1. The van der Waals surface area contributed by atoms with Crippen LogP contribution in [0.5, 0.6) is 0 Å². The fraction of sp³-hybridized carbons (Fsp3) is 0.174. The second-order valence-corrected chi connectivity index (χ2v) is 6.95. The van der Waals surface area contributed by atoms with Gasteiger partial charge in [-0.25, -0.2) is 0 Å². The molecule has 0 fully saturated rings. The number of nitrogens with two attached hydrogens (primary N) is 1. The smallest absolute Gasteiger partial charge is 0.251 e. The van der Waals surface area contributed by atoms with E-state index < -0.39 is 11.9 Å². The van der Waals surface area contributed by atoms with Crippen molar-refractivity contribution in [3.05, 3.63) is 94.9 Å². The molecule has 0 saturated heterocycles. The summed E-state index contributed by atoms with van der Waals surface area (Å²) in [5.41, 5.74) is 7.84. The lowest BCUT2D eigenvalue weighted by atomic mass is 10.0. The summed E-state index contributed by atoms with van der Waals surface area (Å²) in [5, 5.41) is 5.67. The predicted octanol–water partition coefficient (Wildman–Crippen LogP) is 2.86. The average Bonchev–Trinajstić information content (AvgIpc) is 3.22. The van der Waals surface area contributed by atoms with Crippen molar-refractivity contribution in [3.63, 3.8) is 0 Å². The quantitative estimate of drug-likeness (QED) is 0.534. The molecular weight excluding hydrogens is 382 g/mol. The molecule has 4 N–H and O–H groups in total. The lowest BCUT2D eigenvalue weighted by Gasteiger charge is -2.19. The first-order chi connectivity index (χ1) is 14.4. The van der Waals surface area contributed by atoms with E-state index in [4.69, 9.17) is 10.2 Å². The maximum atomic E-state index is 12.7. The number of primary amides is 1. The normalized spacial score (nSPS) is 11.5. The van der Waals surface area contributed by atoms with E-state index in [1.807, 2.05) is 49.4 Å². The number of nitrogens with one attached hydrogen (secondary N) is 2. The number of hydrogen-bond donors (Lipinski definition) is 3. The van der Waals surface area contributed by atoms with Gasteiger partial charge in [0.25, 0.3) is 11.8 Å². The van der Waals surface area contributed by atoms with Crippen molar-refractivity contribution >= 4 is 17.7 Å². The van der Waals surface area contributed by atoms with Crippen LogP contribution in [0, 0.1) is 6.92 Å². The van der Waals surface area contributed by atoms with Crippen LogP contribution < -0.4 is 16.4 Å². The third-order valence-corrected chi connectivity index (χ3v) is 4.61. The minimum Gasteiger partial charge on any atom is -0.467 e. The second kappa shape index (κ2) is 9.56. The maximum absolute atomic E-state index is 12.7. The van der Waals surface area contributed by atoms with Gasteiger partial charge in [-0.05, 0) is 30.7 Å². The molecule has 154 valence electrons. The number of rotatable bonds is 8. The summed E-state index contributed by atoms with van der Waals surface area (Å²) < 4.78 is 5.21. The first kappa shape index (κ1) is 20.9. The second-order valence-electron chi connectivity index (χ2n) is 6.95. The van der Waals surface area contributed by atoms with E-state index >= 15 is 0 Å². The van der Waals surface area contributed by atoms with E-state index in [0.717, 1.165) is 11.1 Å². The number of carbonyl (C=O) groups excluding carboxylic acids is 3. The van der Waals surface area contributed by atoms with Gasteiger partial charge in [0.1, 0.15) is 12.0 Å². The molecule has 0 aliphatic rings. The summed E-state index contributed by atoms with van der Waals surface area (Å²) in [6.45, 7) is 2.06. The molecule has 7 heteroatoms. The Kier molecular flexibility index (Phi) is 6.64. The number of carbonyl (C=O) groups is 3. The summed E-state index contributed by atoms with van der Waals surface area (Å²) in [7, 11) is 0. The Labute approximate surface area is 174 Å². The van der Waals surface area contributed by atoms with Crippen LogP contribution in [0.3, 0.4) is 0 Å². The van der Waals surface area contributed by atoms with Gasteiger partial charge in [-0.3, -0.25) is 14.4 Å². The molecule has 7 nitrogen and oxygen atoms in total. The van der Waals surface area contributed by atoms with Crippen LogP contribution in [0.15, 0.2) is 71.3 Å². The highest BCUT2D eigenvalue weighted by atomic mass is 16.3. The van der Waals surface area contributed by atoms with Gasteiger partial charge in [-0.1, -0.05) is 48.0 Å². The summed E-state index contributed by atoms with van der Waals surface area (Å²) in [6.07, 6.45) is 1.30. The molecule has 30 heavy (non-hydrogen) atoms. The van der Waals surface area contributed by atoms with Crippen LogP contribution in [0.25, 0.3) is 0 Å². The van der Waals surface area contributed by atoms with Gasteiger partial charge in [-0.15, -0.1) is 0 Å². The molecule has 1 atom stereocenters. The Morgan fingerprint density at radius 2 is 1.70 bits per heavy atom. The molecule has 3 amide bonds. The average molecular weight is 405 g/mol. The molecule has 0 bridgehead atoms. The first-order valence-electron chi connectivity index (χ1n) is 9.49. The lowest BCUT2D eigenvalue weighted by molar-refractivity contribution is -0.121. The minimum absolute atomic E-state index is 0.0466. The van der Waals surface area contributed by atoms with Crippen molar-refractivity contribution in [1.29, 1.82) is 0 Å². The number of hydrogen-bond acceptors (Lipinski definition) is 4. The first-order valence-corrected chi connectivity index (χ1v) is 9.49. The predicted molar refractivity (Wildman–Crippen MR) is 112 cm³/mol. The Bertz CT molecular complexity index is 1030. The standard InChI is InChI=1S/C23H23N3O4/c1-15-7-9-17(10-8-15)23(29)26-20(16-5-3-2-4-6-16)12-21(27)25-13-19-11-18(14-30-19)22(24)28/h2-11,14,20H,12-13H2,1H3,(H2,24,28)(H,25,27)(H,26,29). The molecular formula is C23H23N3O4. The maximum Gasteiger partial charge on any atom is 0.251 e. The topological polar surface area (TPSA) is 114 Å². The van der Waals surface area contributed by atoms with Crippen LogP contribution in [0.1, 0.15) is 50.1 Å². The van der Waals surface area contributed by atoms with Crippen molar-refractivity contribution in [1.82, 2.24) is 10.6 Å². The largest absolute Gasteiger partial charge is 0.467 e. The van der Waals surface area contributed by atoms with E-state index in [-0.39, 0.29) is 30.3 Å². The number of amides is 3. The minimum atomic E-state index is -0.598. The number of furan rings is 1. The fourth-order valence-corrected chi connectivity index (χ4v) is 2.93. The van der Waals surface area contributed by atoms with Crippen molar-refractivity contribution in [2.75, 3.05) is 0 Å².